The van der Waals surface area contributed by atoms with E-state index in [0.717, 1.165) is 0 Å². The molecule has 0 bridgehead atoms. The Balaban J connectivity index is 2.48. The zero-order chi connectivity index (χ0) is 24.3. The number of ether oxygens (including phenoxy) is 2. The van der Waals surface area contributed by atoms with Crippen molar-refractivity contribution in [1.29, 1.82) is 0 Å². The van der Waals surface area contributed by atoms with E-state index < -0.39 is 73.6 Å². The van der Waals surface area contributed by atoms with E-state index in [1.54, 1.807) is 6.07 Å². The van der Waals surface area contributed by atoms with Crippen LogP contribution in [0.1, 0.15) is 10.4 Å². The molecule has 0 saturated carbocycles. The fourth-order valence-corrected chi connectivity index (χ4v) is 4.37. The van der Waals surface area contributed by atoms with E-state index in [-0.39, 0.29) is 5.56 Å². The Hall–Kier alpha value is -1.66. The number of esters is 1. The van der Waals surface area contributed by atoms with Crippen molar-refractivity contribution in [3.8, 4) is 0 Å². The fourth-order valence-electron chi connectivity index (χ4n) is 2.74. The lowest BCUT2D eigenvalue weighted by atomic mass is 9.99. The van der Waals surface area contributed by atoms with Gasteiger partial charge in [-0.25, -0.2) is 4.79 Å². The van der Waals surface area contributed by atoms with E-state index in [1.165, 1.54) is 24.3 Å². The van der Waals surface area contributed by atoms with Gasteiger partial charge in [0.15, 0.2) is 18.5 Å². The number of carbonyl (C=O) groups excluding carboxylic acids is 1. The summed E-state index contributed by atoms with van der Waals surface area (Å²) in [6.07, 6.45) is -7.37. The molecule has 0 radical (unpaired) electrons. The molecule has 13 nitrogen and oxygen atoms in total. The fraction of sp³-hybridized carbons (Fsp3) is 0.562. The van der Waals surface area contributed by atoms with Crippen molar-refractivity contribution >= 4 is 36.3 Å². The predicted molar refractivity (Wildman–Crippen MR) is 107 cm³/mol. The first kappa shape index (κ1) is 26.6. The lowest BCUT2D eigenvalue weighted by Gasteiger charge is -2.42. The van der Waals surface area contributed by atoms with E-state index >= 15 is 0 Å². The van der Waals surface area contributed by atoms with E-state index in [0.29, 0.717) is 18.8 Å². The first-order valence-corrected chi connectivity index (χ1v) is 14.2. The van der Waals surface area contributed by atoms with Gasteiger partial charge in [0.05, 0.1) is 30.9 Å². The highest BCUT2D eigenvalue weighted by Crippen LogP contribution is 2.30. The van der Waals surface area contributed by atoms with Gasteiger partial charge in [-0.05, 0) is 12.1 Å². The van der Waals surface area contributed by atoms with Gasteiger partial charge in [-0.15, -0.1) is 0 Å². The van der Waals surface area contributed by atoms with Crippen molar-refractivity contribution in [1.82, 2.24) is 0 Å². The molecular formula is C16H22O13S3. The number of aliphatic hydroxyl groups excluding tert-OH is 1. The van der Waals surface area contributed by atoms with Crippen molar-refractivity contribution in [3.05, 3.63) is 35.9 Å². The summed E-state index contributed by atoms with van der Waals surface area (Å²) in [7, 11) is -12.6. The number of hydrogen-bond acceptors (Lipinski definition) is 13. The van der Waals surface area contributed by atoms with Crippen LogP contribution in [-0.2, 0) is 52.4 Å². The van der Waals surface area contributed by atoms with Gasteiger partial charge in [-0.1, -0.05) is 18.2 Å². The SMILES string of the molecule is CS(=O)(=O)OC[C@H]1O[C@H](O)[C@H](OS(C)(=O)=O)[C@@H](OC(=O)c2ccccc2)[C@@H]1OS(C)(=O)=O. The molecule has 16 heteroatoms. The minimum atomic E-state index is -4.29. The molecule has 1 aromatic carbocycles. The highest BCUT2D eigenvalue weighted by Gasteiger charge is 2.52. The molecule has 0 aromatic heterocycles. The number of rotatable bonds is 9. The standard InChI is InChI=1S/C16H22O13S3/c1-30(19,20)25-9-11-12(28-31(2,21)22)13(14(16(18)26-11)29-32(3,23)24)27-15(17)10-7-5-4-6-8-10/h4-8,11-14,16,18H,9H2,1-3H3/t11-,12-,13+,14-,16+/m1/s1. The van der Waals surface area contributed by atoms with E-state index in [2.05, 4.69) is 4.18 Å². The Morgan fingerprint density at radius 1 is 0.875 bits per heavy atom. The largest absolute Gasteiger partial charge is 0.453 e. The molecule has 0 aliphatic carbocycles. The molecule has 0 unspecified atom stereocenters. The van der Waals surface area contributed by atoms with Crippen LogP contribution in [0.25, 0.3) is 0 Å². The molecule has 1 heterocycles. The van der Waals surface area contributed by atoms with Crippen LogP contribution >= 0.6 is 0 Å². The monoisotopic (exact) mass is 518 g/mol. The van der Waals surface area contributed by atoms with Gasteiger partial charge in [-0.3, -0.25) is 12.5 Å². The lowest BCUT2D eigenvalue weighted by molar-refractivity contribution is -0.272. The van der Waals surface area contributed by atoms with Gasteiger partial charge < -0.3 is 14.6 Å². The highest BCUT2D eigenvalue weighted by atomic mass is 32.2. The van der Waals surface area contributed by atoms with Gasteiger partial charge in [0.2, 0.25) is 0 Å². The summed E-state index contributed by atoms with van der Waals surface area (Å²) in [5.74, 6) is -1.03. The van der Waals surface area contributed by atoms with Gasteiger partial charge in [0.1, 0.15) is 12.2 Å². The van der Waals surface area contributed by atoms with Crippen LogP contribution in [0.2, 0.25) is 0 Å². The van der Waals surface area contributed by atoms with E-state index in [9.17, 15) is 35.2 Å². The molecule has 1 aliphatic rings. The second kappa shape index (κ2) is 10.1. The smallest absolute Gasteiger partial charge is 0.338 e. The van der Waals surface area contributed by atoms with Crippen molar-refractivity contribution in [3.63, 3.8) is 0 Å². The molecule has 5 atom stereocenters. The third-order valence-electron chi connectivity index (χ3n) is 3.88. The summed E-state index contributed by atoms with van der Waals surface area (Å²) in [6.45, 7) is -0.846. The summed E-state index contributed by atoms with van der Waals surface area (Å²) in [5, 5.41) is 10.3. The average molecular weight is 519 g/mol. The summed E-state index contributed by atoms with van der Waals surface area (Å²) >= 11 is 0. The van der Waals surface area contributed by atoms with Crippen LogP contribution < -0.4 is 0 Å². The van der Waals surface area contributed by atoms with Crippen LogP contribution in [0, 0.1) is 0 Å². The van der Waals surface area contributed by atoms with Crippen LogP contribution in [0.15, 0.2) is 30.3 Å². The average Bonchev–Trinajstić information content (AvgIpc) is 2.63. The molecule has 0 spiro atoms. The molecule has 0 amide bonds. The quantitative estimate of drug-likeness (QED) is 0.297. The summed E-state index contributed by atoms with van der Waals surface area (Å²) in [4.78, 5) is 12.6. The van der Waals surface area contributed by atoms with Gasteiger partial charge in [-0.2, -0.15) is 25.3 Å². The normalized spacial score (nSPS) is 27.1. The molecule has 1 aromatic rings. The van der Waals surface area contributed by atoms with Crippen LogP contribution in [-0.4, -0.2) is 92.4 Å². The van der Waals surface area contributed by atoms with Crippen molar-refractivity contribution in [2.24, 2.45) is 0 Å². The first-order valence-electron chi connectivity index (χ1n) is 8.76. The Morgan fingerprint density at radius 2 is 1.41 bits per heavy atom. The maximum atomic E-state index is 12.6. The molecule has 182 valence electrons. The topological polar surface area (TPSA) is 186 Å². The summed E-state index contributed by atoms with van der Waals surface area (Å²) in [6, 6.07) is 7.35. The predicted octanol–water partition coefficient (Wildman–Crippen LogP) is -1.40. The van der Waals surface area contributed by atoms with Gasteiger partial charge >= 0.3 is 5.97 Å². The maximum Gasteiger partial charge on any atom is 0.338 e. The zero-order valence-corrected chi connectivity index (χ0v) is 19.5. The summed E-state index contributed by atoms with van der Waals surface area (Å²) < 4.78 is 94.4. The third-order valence-corrected chi connectivity index (χ3v) is 5.59. The highest BCUT2D eigenvalue weighted by molar-refractivity contribution is 7.86. The second-order valence-electron chi connectivity index (χ2n) is 6.82. The Kier molecular flexibility index (Phi) is 8.38. The molecule has 2 rings (SSSR count). The van der Waals surface area contributed by atoms with Gasteiger partial charge in [0, 0.05) is 0 Å². The summed E-state index contributed by atoms with van der Waals surface area (Å²) in [5.41, 5.74) is 0.00799. The third kappa shape index (κ3) is 8.36. The maximum absolute atomic E-state index is 12.6. The van der Waals surface area contributed by atoms with Crippen LogP contribution in [0.3, 0.4) is 0 Å². The molecule has 1 N–H and O–H groups in total. The van der Waals surface area contributed by atoms with Crippen molar-refractivity contribution in [2.45, 2.75) is 30.7 Å². The van der Waals surface area contributed by atoms with Crippen LogP contribution in [0.4, 0.5) is 0 Å². The molecule has 1 aliphatic heterocycles. The first-order chi connectivity index (χ1) is 14.6. The number of aliphatic hydroxyl groups is 1. The second-order valence-corrected chi connectivity index (χ2v) is 11.7. The number of carbonyl (C=O) groups is 1. The van der Waals surface area contributed by atoms with Crippen LogP contribution in [0.5, 0.6) is 0 Å². The lowest BCUT2D eigenvalue weighted by Crippen LogP contribution is -2.62. The van der Waals surface area contributed by atoms with Gasteiger partial charge in [0.25, 0.3) is 30.4 Å². The Morgan fingerprint density at radius 3 is 1.91 bits per heavy atom. The molecular weight excluding hydrogens is 496 g/mol. The van der Waals surface area contributed by atoms with Crippen molar-refractivity contribution < 1.29 is 57.2 Å². The Labute approximate surface area is 185 Å². The number of hydrogen-bond donors (Lipinski definition) is 1. The molecule has 32 heavy (non-hydrogen) atoms. The number of benzene rings is 1. The van der Waals surface area contributed by atoms with E-state index in [4.69, 9.17) is 17.8 Å². The zero-order valence-electron chi connectivity index (χ0n) is 17.1. The van der Waals surface area contributed by atoms with E-state index in [1.807, 2.05) is 0 Å². The molecule has 1 fully saturated rings. The Bertz CT molecular complexity index is 1110. The molecule has 1 saturated heterocycles. The minimum Gasteiger partial charge on any atom is -0.453 e. The van der Waals surface area contributed by atoms with Crippen molar-refractivity contribution in [2.75, 3.05) is 25.4 Å². The minimum absolute atomic E-state index is 0.00799.